The lowest BCUT2D eigenvalue weighted by Gasteiger charge is -2.32. The molecule has 1 saturated heterocycles. The molecule has 0 amide bonds. The quantitative estimate of drug-likeness (QED) is 0.741. The molecule has 1 aliphatic rings. The number of nitrogens with zero attached hydrogens (tertiary/aromatic N) is 1. The number of aromatic nitrogens is 1. The van der Waals surface area contributed by atoms with Gasteiger partial charge in [-0.3, -0.25) is 4.98 Å². The molecule has 0 aliphatic carbocycles. The van der Waals surface area contributed by atoms with E-state index in [1.54, 1.807) is 27.7 Å². The lowest BCUT2D eigenvalue weighted by Crippen LogP contribution is -2.41. The lowest BCUT2D eigenvalue weighted by molar-refractivity contribution is 0.00578. The van der Waals surface area contributed by atoms with E-state index in [1.165, 1.54) is 0 Å². The minimum Gasteiger partial charge on any atom is -0.399 e. The van der Waals surface area contributed by atoms with E-state index in [0.29, 0.717) is 0 Å². The highest BCUT2D eigenvalue weighted by atomic mass is 16.7. The summed E-state index contributed by atoms with van der Waals surface area (Å²) >= 11 is 0. The highest BCUT2D eigenvalue weighted by molar-refractivity contribution is 6.62. The third-order valence-corrected chi connectivity index (χ3v) is 3.21. The summed E-state index contributed by atoms with van der Waals surface area (Å²) in [4.78, 5) is 3.68. The summed E-state index contributed by atoms with van der Waals surface area (Å²) < 4.78 is 73.1. The Balaban J connectivity index is 2.58. The Labute approximate surface area is 115 Å². The van der Waals surface area contributed by atoms with E-state index in [0.717, 1.165) is 0 Å². The summed E-state index contributed by atoms with van der Waals surface area (Å²) in [7, 11) is -1.12. The van der Waals surface area contributed by atoms with Gasteiger partial charge >= 0.3 is 7.12 Å². The highest BCUT2D eigenvalue weighted by Crippen LogP contribution is 2.36. The second-order valence-electron chi connectivity index (χ2n) is 4.95. The molecule has 0 unspecified atom stereocenters. The van der Waals surface area contributed by atoms with Gasteiger partial charge in [-0.05, 0) is 40.1 Å². The first-order chi connectivity index (χ1) is 11.0. The first kappa shape index (κ1) is 5.85. The van der Waals surface area contributed by atoms with Gasteiger partial charge in [-0.2, -0.15) is 0 Å². The minimum absolute atomic E-state index is 0.117. The molecule has 0 atom stereocenters. The van der Waals surface area contributed by atoms with Crippen LogP contribution in [0.15, 0.2) is 18.3 Å². The molecule has 92 valence electrons. The van der Waals surface area contributed by atoms with Gasteiger partial charge in [0.05, 0.1) is 15.3 Å². The standard InChI is InChI=1S/C13H20BNO2/c1-6-11-8-7-10(9-15-11)14-16-12(2,3)13(4,5)17-14/h7-9H,6H2,1-5H3/i1D3,6D2,7D,8D,9D. The second kappa shape index (κ2) is 4.11. The lowest BCUT2D eigenvalue weighted by atomic mass is 9.80. The van der Waals surface area contributed by atoms with Gasteiger partial charge in [0.2, 0.25) is 0 Å². The van der Waals surface area contributed by atoms with Gasteiger partial charge in [0, 0.05) is 24.2 Å². The van der Waals surface area contributed by atoms with Crippen molar-refractivity contribution in [2.45, 2.75) is 52.1 Å². The Morgan fingerprint density at radius 2 is 2.00 bits per heavy atom. The topological polar surface area (TPSA) is 31.4 Å². The maximum absolute atomic E-state index is 8.13. The van der Waals surface area contributed by atoms with E-state index in [9.17, 15) is 0 Å². The Morgan fingerprint density at radius 3 is 2.59 bits per heavy atom. The van der Waals surface area contributed by atoms with Crippen LogP contribution in [0.2, 0.25) is 0 Å². The van der Waals surface area contributed by atoms with Crippen LogP contribution in [0, 0.1) is 0 Å². The van der Waals surface area contributed by atoms with E-state index >= 15 is 0 Å². The summed E-state index contributed by atoms with van der Waals surface area (Å²) in [5.74, 6) is 0. The van der Waals surface area contributed by atoms with E-state index in [2.05, 4.69) is 4.98 Å². The predicted octanol–water partition coefficient (Wildman–Crippen LogP) is 1.94. The van der Waals surface area contributed by atoms with Gasteiger partial charge in [0.1, 0.15) is 0 Å². The van der Waals surface area contributed by atoms with Crippen molar-refractivity contribution in [2.24, 2.45) is 0 Å². The molecule has 1 fully saturated rings. The maximum Gasteiger partial charge on any atom is 0.496 e. The van der Waals surface area contributed by atoms with Crippen molar-refractivity contribution in [2.75, 3.05) is 0 Å². The number of pyridine rings is 1. The Hall–Kier alpha value is -0.865. The van der Waals surface area contributed by atoms with E-state index in [-0.39, 0.29) is 5.46 Å². The fraction of sp³-hybridized carbons (Fsp3) is 0.615. The van der Waals surface area contributed by atoms with Gasteiger partial charge < -0.3 is 9.31 Å². The molecular formula is C13H20BNO2. The zero-order valence-electron chi connectivity index (χ0n) is 18.3. The summed E-state index contributed by atoms with van der Waals surface area (Å²) in [6, 6.07) is -1.22. The Kier molecular flexibility index (Phi) is 1.41. The molecule has 1 aromatic heterocycles. The van der Waals surface area contributed by atoms with Crippen molar-refractivity contribution < 1.29 is 20.3 Å². The van der Waals surface area contributed by atoms with Gasteiger partial charge in [0.25, 0.3) is 0 Å². The van der Waals surface area contributed by atoms with Crippen LogP contribution in [0.25, 0.3) is 0 Å². The SMILES string of the molecule is [2H]c1nc(C([2H])([2H])C([2H])([2H])[2H])c([2H])c([2H])c1B1OC(C)(C)C(C)(C)O1. The molecule has 0 bridgehead atoms. The van der Waals surface area contributed by atoms with Crippen LogP contribution in [-0.2, 0) is 15.7 Å². The molecule has 17 heavy (non-hydrogen) atoms. The molecule has 3 nitrogen and oxygen atoms in total. The molecule has 0 saturated carbocycles. The van der Waals surface area contributed by atoms with E-state index < -0.39 is 55.5 Å². The summed E-state index contributed by atoms with van der Waals surface area (Å²) in [5, 5.41) is 0. The van der Waals surface area contributed by atoms with Crippen LogP contribution in [0.3, 0.4) is 0 Å². The van der Waals surface area contributed by atoms with E-state index in [4.69, 9.17) is 20.3 Å². The molecule has 0 N–H and O–H groups in total. The van der Waals surface area contributed by atoms with Crippen LogP contribution < -0.4 is 5.46 Å². The molecule has 2 heterocycles. The number of aryl methyl sites for hydroxylation is 1. The number of rotatable bonds is 2. The van der Waals surface area contributed by atoms with Crippen molar-refractivity contribution in [1.82, 2.24) is 4.98 Å². The van der Waals surface area contributed by atoms with Crippen molar-refractivity contribution in [3.63, 3.8) is 0 Å². The summed E-state index contributed by atoms with van der Waals surface area (Å²) in [6.07, 6.45) is -3.49. The van der Waals surface area contributed by atoms with Crippen molar-refractivity contribution >= 4 is 12.6 Å². The van der Waals surface area contributed by atoms with Crippen molar-refractivity contribution in [3.05, 3.63) is 24.0 Å². The Morgan fingerprint density at radius 1 is 1.35 bits per heavy atom. The van der Waals surface area contributed by atoms with Crippen LogP contribution in [0.5, 0.6) is 0 Å². The third kappa shape index (κ3) is 2.24. The fourth-order valence-electron chi connectivity index (χ4n) is 1.43. The third-order valence-electron chi connectivity index (χ3n) is 3.21. The number of hydrogen-bond donors (Lipinski definition) is 0. The first-order valence-electron chi connectivity index (χ1n) is 9.37. The smallest absolute Gasteiger partial charge is 0.399 e. The molecule has 0 radical (unpaired) electrons. The zero-order valence-corrected chi connectivity index (χ0v) is 10.3. The Bertz CT molecular complexity index is 688. The van der Waals surface area contributed by atoms with Crippen LogP contribution in [0.1, 0.15) is 51.2 Å². The largest absolute Gasteiger partial charge is 0.496 e. The maximum atomic E-state index is 8.13. The average molecular weight is 241 g/mol. The van der Waals surface area contributed by atoms with Crippen molar-refractivity contribution in [3.8, 4) is 0 Å². The molecular weight excluding hydrogens is 213 g/mol. The predicted molar refractivity (Wildman–Crippen MR) is 69.3 cm³/mol. The zero-order chi connectivity index (χ0) is 19.6. The summed E-state index contributed by atoms with van der Waals surface area (Å²) in [6.45, 7) is 4.07. The molecule has 2 rings (SSSR count). The minimum atomic E-state index is -3.08. The highest BCUT2D eigenvalue weighted by Gasteiger charge is 2.51. The molecule has 0 aromatic carbocycles. The molecule has 1 aromatic rings. The molecule has 0 spiro atoms. The summed E-state index contributed by atoms with van der Waals surface area (Å²) in [5.41, 5.74) is -2.34. The average Bonchev–Trinajstić information content (AvgIpc) is 2.61. The fourth-order valence-corrected chi connectivity index (χ4v) is 1.43. The molecule has 1 aliphatic heterocycles. The van der Waals surface area contributed by atoms with Crippen LogP contribution in [0.4, 0.5) is 0 Å². The number of hydrogen-bond acceptors (Lipinski definition) is 3. The van der Waals surface area contributed by atoms with Gasteiger partial charge in [-0.1, -0.05) is 12.9 Å². The second-order valence-corrected chi connectivity index (χ2v) is 4.95. The van der Waals surface area contributed by atoms with Gasteiger partial charge in [-0.15, -0.1) is 0 Å². The molecule has 4 heteroatoms. The van der Waals surface area contributed by atoms with E-state index in [1.807, 2.05) is 0 Å². The first-order valence-corrected chi connectivity index (χ1v) is 5.37. The van der Waals surface area contributed by atoms with Crippen molar-refractivity contribution in [1.29, 1.82) is 0 Å². The van der Waals surface area contributed by atoms with Crippen LogP contribution in [-0.4, -0.2) is 23.3 Å². The van der Waals surface area contributed by atoms with Crippen LogP contribution >= 0.6 is 0 Å². The van der Waals surface area contributed by atoms with Gasteiger partial charge in [0.15, 0.2) is 0 Å². The normalized spacial score (nSPS) is 30.2. The van der Waals surface area contributed by atoms with Gasteiger partial charge in [-0.25, -0.2) is 0 Å². The monoisotopic (exact) mass is 241 g/mol.